The first-order valence-corrected chi connectivity index (χ1v) is 8.23. The molecule has 1 heterocycles. The molecule has 1 aromatic carbocycles. The Morgan fingerprint density at radius 1 is 1.15 bits per heavy atom. The Hall–Kier alpha value is -0.910. The van der Waals surface area contributed by atoms with Crippen molar-refractivity contribution in [1.82, 2.24) is 10.2 Å². The molecule has 5 heteroatoms. The third-order valence-electron chi connectivity index (χ3n) is 3.71. The highest BCUT2D eigenvalue weighted by Gasteiger charge is 2.16. The number of ether oxygens (including phenoxy) is 2. The molecule has 1 fully saturated rings. The lowest BCUT2D eigenvalue weighted by Crippen LogP contribution is -2.44. The molecule has 2 rings (SSSR count). The maximum Gasteiger partial charge on any atom is 0.132 e. The summed E-state index contributed by atoms with van der Waals surface area (Å²) in [5.74, 6) is 1.90. The van der Waals surface area contributed by atoms with E-state index in [9.17, 15) is 0 Å². The van der Waals surface area contributed by atoms with Gasteiger partial charge >= 0.3 is 0 Å². The first-order chi connectivity index (χ1) is 9.80. The molecule has 0 amide bonds. The maximum absolute atomic E-state index is 5.53. The summed E-state index contributed by atoms with van der Waals surface area (Å²) in [4.78, 5) is 3.70. The monoisotopic (exact) mass is 296 g/mol. The van der Waals surface area contributed by atoms with Crippen LogP contribution in [0.3, 0.4) is 0 Å². The van der Waals surface area contributed by atoms with Crippen LogP contribution in [-0.2, 0) is 6.42 Å². The van der Waals surface area contributed by atoms with E-state index in [1.165, 1.54) is 10.5 Å². The lowest BCUT2D eigenvalue weighted by atomic mass is 10.1. The Balaban J connectivity index is 2.14. The number of nitrogens with zero attached hydrogens (tertiary/aromatic N) is 1. The van der Waals surface area contributed by atoms with Crippen LogP contribution in [0.15, 0.2) is 17.0 Å². The molecule has 1 saturated heterocycles. The molecule has 0 atom stereocenters. The van der Waals surface area contributed by atoms with E-state index < -0.39 is 0 Å². The van der Waals surface area contributed by atoms with Crippen molar-refractivity contribution >= 4 is 11.8 Å². The number of benzene rings is 1. The van der Waals surface area contributed by atoms with E-state index in [0.29, 0.717) is 0 Å². The van der Waals surface area contributed by atoms with Crippen LogP contribution in [-0.4, -0.2) is 58.1 Å². The summed E-state index contributed by atoms with van der Waals surface area (Å²) in [6.45, 7) is 5.50. The molecule has 0 aromatic heterocycles. The van der Waals surface area contributed by atoms with Gasteiger partial charge in [-0.15, -0.1) is 11.8 Å². The fourth-order valence-corrected chi connectivity index (χ4v) is 3.41. The molecule has 1 aliphatic rings. The van der Waals surface area contributed by atoms with Crippen molar-refractivity contribution in [2.75, 3.05) is 53.2 Å². The topological polar surface area (TPSA) is 33.7 Å². The molecule has 0 spiro atoms. The molecular weight excluding hydrogens is 272 g/mol. The first-order valence-electron chi connectivity index (χ1n) is 7.01. The highest BCUT2D eigenvalue weighted by molar-refractivity contribution is 7.98. The Labute approximate surface area is 125 Å². The standard InChI is InChI=1S/C15H24N2O2S/c1-18-13-4-5-14(19-2)15(20-3)12(13)6-9-17-10-7-16-8-11-17/h4-5,16H,6-11H2,1-3H3. The van der Waals surface area contributed by atoms with E-state index in [-0.39, 0.29) is 0 Å². The third-order valence-corrected chi connectivity index (χ3v) is 4.57. The molecule has 1 aromatic rings. The van der Waals surface area contributed by atoms with E-state index in [2.05, 4.69) is 16.5 Å². The van der Waals surface area contributed by atoms with E-state index in [4.69, 9.17) is 9.47 Å². The van der Waals surface area contributed by atoms with Crippen molar-refractivity contribution in [1.29, 1.82) is 0 Å². The summed E-state index contributed by atoms with van der Waals surface area (Å²) in [5, 5.41) is 3.39. The van der Waals surface area contributed by atoms with E-state index in [0.717, 1.165) is 50.6 Å². The van der Waals surface area contributed by atoms with Gasteiger partial charge in [-0.1, -0.05) is 0 Å². The van der Waals surface area contributed by atoms with E-state index in [1.54, 1.807) is 26.0 Å². The van der Waals surface area contributed by atoms with Crippen molar-refractivity contribution in [3.05, 3.63) is 17.7 Å². The number of hydrogen-bond donors (Lipinski definition) is 1. The van der Waals surface area contributed by atoms with E-state index in [1.807, 2.05) is 12.1 Å². The van der Waals surface area contributed by atoms with Gasteiger partial charge in [0.05, 0.1) is 19.1 Å². The van der Waals surface area contributed by atoms with Gasteiger partial charge in [0.2, 0.25) is 0 Å². The zero-order valence-electron chi connectivity index (χ0n) is 12.6. The van der Waals surface area contributed by atoms with Gasteiger partial charge in [0.1, 0.15) is 11.5 Å². The van der Waals surface area contributed by atoms with Gasteiger partial charge in [-0.25, -0.2) is 0 Å². The van der Waals surface area contributed by atoms with Gasteiger partial charge in [0.25, 0.3) is 0 Å². The molecule has 20 heavy (non-hydrogen) atoms. The predicted octanol–water partition coefficient (Wildman–Crippen LogP) is 1.87. The number of rotatable bonds is 6. The number of piperazine rings is 1. The van der Waals surface area contributed by atoms with Crippen LogP contribution in [0.4, 0.5) is 0 Å². The Morgan fingerprint density at radius 3 is 2.40 bits per heavy atom. The first kappa shape index (κ1) is 15.5. The normalized spacial score (nSPS) is 16.1. The second kappa shape index (κ2) is 7.76. The highest BCUT2D eigenvalue weighted by Crippen LogP contribution is 2.37. The lowest BCUT2D eigenvalue weighted by molar-refractivity contribution is 0.242. The third kappa shape index (κ3) is 3.59. The Morgan fingerprint density at radius 2 is 1.80 bits per heavy atom. The summed E-state index contributed by atoms with van der Waals surface area (Å²) in [5.41, 5.74) is 1.26. The van der Waals surface area contributed by atoms with Gasteiger partial charge in [0, 0.05) is 38.3 Å². The molecule has 0 unspecified atom stereocenters. The van der Waals surface area contributed by atoms with Crippen molar-refractivity contribution in [3.63, 3.8) is 0 Å². The largest absolute Gasteiger partial charge is 0.496 e. The molecule has 1 aliphatic heterocycles. The average molecular weight is 296 g/mol. The number of thioether (sulfide) groups is 1. The van der Waals surface area contributed by atoms with Crippen LogP contribution in [0.2, 0.25) is 0 Å². The number of hydrogen-bond acceptors (Lipinski definition) is 5. The average Bonchev–Trinajstić information content (AvgIpc) is 2.52. The molecule has 0 radical (unpaired) electrons. The van der Waals surface area contributed by atoms with Gasteiger partial charge in [-0.3, -0.25) is 0 Å². The summed E-state index contributed by atoms with van der Waals surface area (Å²) in [7, 11) is 3.46. The second-order valence-corrected chi connectivity index (χ2v) is 5.64. The zero-order valence-corrected chi connectivity index (χ0v) is 13.4. The number of methoxy groups -OCH3 is 2. The van der Waals surface area contributed by atoms with Crippen LogP contribution < -0.4 is 14.8 Å². The summed E-state index contributed by atoms with van der Waals surface area (Å²) >= 11 is 1.73. The molecule has 0 bridgehead atoms. The minimum absolute atomic E-state index is 0.939. The fourth-order valence-electron chi connectivity index (χ4n) is 2.61. The molecule has 1 N–H and O–H groups in total. The van der Waals surface area contributed by atoms with Crippen molar-refractivity contribution in [2.24, 2.45) is 0 Å². The summed E-state index contributed by atoms with van der Waals surface area (Å²) < 4.78 is 11.0. The second-order valence-electron chi connectivity index (χ2n) is 4.82. The van der Waals surface area contributed by atoms with E-state index >= 15 is 0 Å². The minimum atomic E-state index is 0.939. The fraction of sp³-hybridized carbons (Fsp3) is 0.600. The van der Waals surface area contributed by atoms with Crippen LogP contribution >= 0.6 is 11.8 Å². The van der Waals surface area contributed by atoms with Crippen LogP contribution in [0.1, 0.15) is 5.56 Å². The SMILES string of the molecule is COc1ccc(OC)c(SC)c1CCN1CCNCC1. The van der Waals surface area contributed by atoms with Crippen LogP contribution in [0, 0.1) is 0 Å². The Kier molecular flexibility index (Phi) is 6.01. The smallest absolute Gasteiger partial charge is 0.132 e. The predicted molar refractivity (Wildman–Crippen MR) is 84.3 cm³/mol. The zero-order chi connectivity index (χ0) is 14.4. The van der Waals surface area contributed by atoms with Crippen molar-refractivity contribution in [3.8, 4) is 11.5 Å². The van der Waals surface area contributed by atoms with Gasteiger partial charge < -0.3 is 19.7 Å². The van der Waals surface area contributed by atoms with Gasteiger partial charge in [-0.2, -0.15) is 0 Å². The Bertz CT molecular complexity index is 434. The van der Waals surface area contributed by atoms with Gasteiger partial charge in [-0.05, 0) is 24.8 Å². The van der Waals surface area contributed by atoms with Crippen molar-refractivity contribution in [2.45, 2.75) is 11.3 Å². The van der Waals surface area contributed by atoms with Crippen LogP contribution in [0.25, 0.3) is 0 Å². The molecule has 0 aliphatic carbocycles. The molecule has 4 nitrogen and oxygen atoms in total. The molecule has 112 valence electrons. The molecular formula is C15H24N2O2S. The highest BCUT2D eigenvalue weighted by atomic mass is 32.2. The summed E-state index contributed by atoms with van der Waals surface area (Å²) in [6.07, 6.45) is 3.09. The van der Waals surface area contributed by atoms with Crippen LogP contribution in [0.5, 0.6) is 11.5 Å². The number of nitrogens with one attached hydrogen (secondary N) is 1. The lowest BCUT2D eigenvalue weighted by Gasteiger charge is -2.27. The quantitative estimate of drug-likeness (QED) is 0.811. The van der Waals surface area contributed by atoms with Crippen molar-refractivity contribution < 1.29 is 9.47 Å². The van der Waals surface area contributed by atoms with Gasteiger partial charge in [0.15, 0.2) is 0 Å². The molecule has 0 saturated carbocycles. The summed E-state index contributed by atoms with van der Waals surface area (Å²) in [6, 6.07) is 3.99. The maximum atomic E-state index is 5.53. The minimum Gasteiger partial charge on any atom is -0.496 e.